The van der Waals surface area contributed by atoms with Crippen molar-refractivity contribution in [2.45, 2.75) is 45.9 Å². The van der Waals surface area contributed by atoms with E-state index < -0.39 is 0 Å². The first-order valence-electron chi connectivity index (χ1n) is 8.89. The van der Waals surface area contributed by atoms with Crippen molar-refractivity contribution in [3.8, 4) is 5.69 Å². The van der Waals surface area contributed by atoms with E-state index in [4.69, 9.17) is 9.84 Å². The summed E-state index contributed by atoms with van der Waals surface area (Å²) < 4.78 is 10.5. The van der Waals surface area contributed by atoms with Gasteiger partial charge < -0.3 is 4.74 Å². The molecule has 0 amide bonds. The van der Waals surface area contributed by atoms with Crippen LogP contribution < -0.4 is 4.68 Å². The molecule has 0 N–H and O–H groups in total. The SMILES string of the molecule is Cc1cc(C)c(-[n+]2cn3c(n2)CO[C@@H]2Cc4ccccc4[C@@H]23)c(C)c1. The van der Waals surface area contributed by atoms with Crippen molar-refractivity contribution in [3.63, 3.8) is 0 Å². The van der Waals surface area contributed by atoms with Gasteiger partial charge in [-0.1, -0.05) is 46.6 Å². The fraction of sp³-hybridized carbons (Fsp3) is 0.333. The molecule has 0 bridgehead atoms. The van der Waals surface area contributed by atoms with E-state index in [0.717, 1.165) is 12.2 Å². The van der Waals surface area contributed by atoms with Crippen molar-refractivity contribution in [2.24, 2.45) is 0 Å². The molecule has 3 aromatic rings. The molecule has 4 nitrogen and oxygen atoms in total. The van der Waals surface area contributed by atoms with Gasteiger partial charge in [0, 0.05) is 12.0 Å². The normalized spacial score (nSPS) is 20.9. The second kappa shape index (κ2) is 5.27. The van der Waals surface area contributed by atoms with Gasteiger partial charge >= 0.3 is 0 Å². The van der Waals surface area contributed by atoms with Crippen LogP contribution in [0.1, 0.15) is 39.7 Å². The first kappa shape index (κ1) is 14.8. The van der Waals surface area contributed by atoms with Crippen LogP contribution in [0.15, 0.2) is 42.7 Å². The van der Waals surface area contributed by atoms with Crippen LogP contribution in [0.3, 0.4) is 0 Å². The minimum atomic E-state index is 0.216. The molecule has 1 aliphatic carbocycles. The summed E-state index contributed by atoms with van der Waals surface area (Å²) in [6, 6.07) is 13.4. The number of hydrogen-bond donors (Lipinski definition) is 0. The Morgan fingerprint density at radius 2 is 1.88 bits per heavy atom. The Labute approximate surface area is 147 Å². The third-order valence-corrected chi connectivity index (χ3v) is 5.49. The standard InChI is InChI=1S/C21H22N3O/c1-13-8-14(2)20(15(3)9-13)24-12-23-19(22-24)11-25-18-10-16-6-4-5-7-17(16)21(18)23/h4-9,12,18,21H,10-11H2,1-3H3/q+1/t18-,21+/m1/s1. The number of hydrogen-bond acceptors (Lipinski definition) is 2. The van der Waals surface area contributed by atoms with Crippen molar-refractivity contribution in [1.82, 2.24) is 9.67 Å². The molecule has 0 saturated heterocycles. The summed E-state index contributed by atoms with van der Waals surface area (Å²) >= 11 is 0. The average molecular weight is 332 g/mol. The van der Waals surface area contributed by atoms with E-state index in [1.54, 1.807) is 0 Å². The fourth-order valence-electron chi connectivity index (χ4n) is 4.56. The molecule has 25 heavy (non-hydrogen) atoms. The highest BCUT2D eigenvalue weighted by atomic mass is 16.5. The number of fused-ring (bicyclic) bond motifs is 5. The predicted octanol–water partition coefficient (Wildman–Crippen LogP) is 3.13. The van der Waals surface area contributed by atoms with Gasteiger partial charge in [-0.2, -0.15) is 0 Å². The van der Waals surface area contributed by atoms with Crippen molar-refractivity contribution >= 4 is 0 Å². The summed E-state index contributed by atoms with van der Waals surface area (Å²) in [7, 11) is 0. The Morgan fingerprint density at radius 1 is 1.12 bits per heavy atom. The first-order valence-corrected chi connectivity index (χ1v) is 8.89. The quantitative estimate of drug-likeness (QED) is 0.641. The Kier molecular flexibility index (Phi) is 3.13. The number of rotatable bonds is 1. The van der Waals surface area contributed by atoms with Crippen LogP contribution in [0.2, 0.25) is 0 Å². The maximum absolute atomic E-state index is 6.14. The monoisotopic (exact) mass is 332 g/mol. The van der Waals surface area contributed by atoms with Gasteiger partial charge in [0.1, 0.15) is 12.7 Å². The largest absolute Gasteiger partial charge is 0.363 e. The van der Waals surface area contributed by atoms with Crippen LogP contribution in [-0.2, 0) is 17.8 Å². The summed E-state index contributed by atoms with van der Waals surface area (Å²) in [6.07, 6.45) is 3.36. The van der Waals surface area contributed by atoms with E-state index in [-0.39, 0.29) is 12.1 Å². The van der Waals surface area contributed by atoms with E-state index >= 15 is 0 Å². The van der Waals surface area contributed by atoms with Gasteiger partial charge in [0.05, 0.1) is 0 Å². The van der Waals surface area contributed by atoms with Crippen LogP contribution in [0.4, 0.5) is 0 Å². The summed E-state index contributed by atoms with van der Waals surface area (Å²) in [5.41, 5.74) is 7.74. The zero-order valence-electron chi connectivity index (χ0n) is 14.9. The Hall–Kier alpha value is -2.46. The number of benzene rings is 2. The van der Waals surface area contributed by atoms with Crippen molar-refractivity contribution in [3.05, 3.63) is 76.4 Å². The third kappa shape index (κ3) is 2.17. The highest BCUT2D eigenvalue weighted by Gasteiger charge is 2.43. The molecule has 2 aromatic carbocycles. The molecule has 0 saturated carbocycles. The highest BCUT2D eigenvalue weighted by molar-refractivity contribution is 5.43. The molecule has 2 atom stereocenters. The van der Waals surface area contributed by atoms with Crippen LogP contribution >= 0.6 is 0 Å². The van der Waals surface area contributed by atoms with Gasteiger partial charge in [0.2, 0.25) is 0 Å². The molecule has 2 aliphatic rings. The lowest BCUT2D eigenvalue weighted by atomic mass is 10.1. The Morgan fingerprint density at radius 3 is 2.68 bits per heavy atom. The summed E-state index contributed by atoms with van der Waals surface area (Å²) in [5.74, 6) is 0.998. The van der Waals surface area contributed by atoms with Crippen LogP contribution in [0.25, 0.3) is 5.69 Å². The zero-order chi connectivity index (χ0) is 17.1. The molecule has 0 spiro atoms. The van der Waals surface area contributed by atoms with Gasteiger partial charge in [0.25, 0.3) is 12.2 Å². The molecule has 126 valence electrons. The van der Waals surface area contributed by atoms with Gasteiger partial charge in [-0.05, 0) is 42.6 Å². The Bertz CT molecular complexity index is 966. The number of aryl methyl sites for hydroxylation is 3. The van der Waals surface area contributed by atoms with E-state index in [1.165, 1.54) is 33.5 Å². The second-order valence-electron chi connectivity index (χ2n) is 7.33. The number of nitrogens with zero attached hydrogens (tertiary/aromatic N) is 3. The zero-order valence-corrected chi connectivity index (χ0v) is 14.9. The second-order valence-corrected chi connectivity index (χ2v) is 7.33. The molecule has 0 unspecified atom stereocenters. The van der Waals surface area contributed by atoms with Crippen LogP contribution in [0.5, 0.6) is 0 Å². The molecule has 1 aromatic heterocycles. The van der Waals surface area contributed by atoms with Gasteiger partial charge in [-0.25, -0.2) is 4.57 Å². The van der Waals surface area contributed by atoms with Gasteiger partial charge in [0.15, 0.2) is 11.7 Å². The van der Waals surface area contributed by atoms with Gasteiger partial charge in [-0.15, -0.1) is 0 Å². The molecular weight excluding hydrogens is 310 g/mol. The summed E-state index contributed by atoms with van der Waals surface area (Å²) in [6.45, 7) is 7.03. The maximum Gasteiger partial charge on any atom is 0.272 e. The highest BCUT2D eigenvalue weighted by Crippen LogP contribution is 2.39. The smallest absolute Gasteiger partial charge is 0.272 e. The van der Waals surface area contributed by atoms with Crippen LogP contribution in [-0.4, -0.2) is 15.8 Å². The number of aromatic nitrogens is 3. The first-order chi connectivity index (χ1) is 12.1. The topological polar surface area (TPSA) is 30.9 Å². The lowest BCUT2D eigenvalue weighted by molar-refractivity contribution is -0.658. The molecule has 5 rings (SSSR count). The molecule has 1 aliphatic heterocycles. The average Bonchev–Trinajstić information content (AvgIpc) is 3.13. The third-order valence-electron chi connectivity index (χ3n) is 5.49. The fourth-order valence-corrected chi connectivity index (χ4v) is 4.56. The summed E-state index contributed by atoms with van der Waals surface area (Å²) in [5, 5.41) is 4.86. The predicted molar refractivity (Wildman–Crippen MR) is 94.8 cm³/mol. The molecule has 0 fully saturated rings. The van der Waals surface area contributed by atoms with E-state index in [9.17, 15) is 0 Å². The molecule has 4 heteroatoms. The van der Waals surface area contributed by atoms with Crippen molar-refractivity contribution in [1.29, 1.82) is 0 Å². The van der Waals surface area contributed by atoms with E-state index in [0.29, 0.717) is 6.61 Å². The van der Waals surface area contributed by atoms with E-state index in [1.807, 2.05) is 4.68 Å². The maximum atomic E-state index is 6.14. The molecule has 2 heterocycles. The lowest BCUT2D eigenvalue weighted by Gasteiger charge is -2.22. The molecular formula is C21H22N3O+. The minimum Gasteiger partial charge on any atom is -0.363 e. The number of ether oxygens (including phenoxy) is 1. The Balaban J connectivity index is 1.65. The summed E-state index contributed by atoms with van der Waals surface area (Å²) in [4.78, 5) is 0. The van der Waals surface area contributed by atoms with Crippen molar-refractivity contribution < 1.29 is 9.42 Å². The minimum absolute atomic E-state index is 0.216. The van der Waals surface area contributed by atoms with Gasteiger partial charge in [-0.3, -0.25) is 0 Å². The van der Waals surface area contributed by atoms with E-state index in [2.05, 4.69) is 68.1 Å². The lowest BCUT2D eigenvalue weighted by Crippen LogP contribution is -2.34. The molecule has 0 radical (unpaired) electrons. The van der Waals surface area contributed by atoms with Crippen LogP contribution in [0, 0.1) is 20.8 Å². The van der Waals surface area contributed by atoms with Crippen molar-refractivity contribution in [2.75, 3.05) is 0 Å².